The standard InChI is InChI=1S/C20H20FN3O2S/c1-16-2-8-19(9-3-16)27(25,26)20(14-22)15-23-10-12-24(13-11-23)18-6-4-17(21)5-7-18/h2-9,15H,10-13H2,1H3/b20-15-. The van der Waals surface area contributed by atoms with Gasteiger partial charge in [-0.2, -0.15) is 5.26 Å². The third kappa shape index (κ3) is 4.29. The lowest BCUT2D eigenvalue weighted by Gasteiger charge is -2.35. The number of anilines is 1. The van der Waals surface area contributed by atoms with Crippen molar-refractivity contribution in [2.24, 2.45) is 0 Å². The molecule has 7 heteroatoms. The van der Waals surface area contributed by atoms with Crippen LogP contribution in [0.5, 0.6) is 0 Å². The van der Waals surface area contributed by atoms with Gasteiger partial charge < -0.3 is 9.80 Å². The summed E-state index contributed by atoms with van der Waals surface area (Å²) in [5.41, 5.74) is 1.88. The molecule has 2 aromatic carbocycles. The second-order valence-corrected chi connectivity index (χ2v) is 8.34. The van der Waals surface area contributed by atoms with E-state index in [1.165, 1.54) is 30.5 Å². The predicted octanol–water partition coefficient (Wildman–Crippen LogP) is 3.10. The molecule has 2 aromatic rings. The van der Waals surface area contributed by atoms with Gasteiger partial charge in [0.1, 0.15) is 11.9 Å². The lowest BCUT2D eigenvalue weighted by Crippen LogP contribution is -2.44. The first kappa shape index (κ1) is 18.9. The average Bonchev–Trinajstić information content (AvgIpc) is 2.67. The van der Waals surface area contributed by atoms with Crippen LogP contribution in [-0.4, -0.2) is 39.5 Å². The van der Waals surface area contributed by atoms with E-state index in [1.807, 2.05) is 17.9 Å². The van der Waals surface area contributed by atoms with Crippen molar-refractivity contribution < 1.29 is 12.8 Å². The second-order valence-electron chi connectivity index (χ2n) is 6.42. The van der Waals surface area contributed by atoms with Crippen molar-refractivity contribution in [2.45, 2.75) is 11.8 Å². The lowest BCUT2D eigenvalue weighted by molar-refractivity contribution is 0.348. The predicted molar refractivity (Wildman–Crippen MR) is 102 cm³/mol. The molecule has 0 saturated carbocycles. The second kappa shape index (κ2) is 7.80. The highest BCUT2D eigenvalue weighted by Gasteiger charge is 2.23. The minimum Gasteiger partial charge on any atom is -0.372 e. The number of hydrogen-bond acceptors (Lipinski definition) is 5. The fraction of sp³-hybridized carbons (Fsp3) is 0.250. The molecule has 0 amide bonds. The summed E-state index contributed by atoms with van der Waals surface area (Å²) < 4.78 is 38.5. The van der Waals surface area contributed by atoms with Crippen LogP contribution in [0.4, 0.5) is 10.1 Å². The molecule has 1 heterocycles. The van der Waals surface area contributed by atoms with E-state index in [1.54, 1.807) is 24.3 Å². The number of aryl methyl sites for hydroxylation is 1. The Balaban J connectivity index is 1.73. The number of rotatable bonds is 4. The van der Waals surface area contributed by atoms with E-state index in [2.05, 4.69) is 4.90 Å². The van der Waals surface area contributed by atoms with E-state index < -0.39 is 9.84 Å². The van der Waals surface area contributed by atoms with Crippen LogP contribution in [0.15, 0.2) is 64.5 Å². The summed E-state index contributed by atoms with van der Waals surface area (Å²) in [5.74, 6) is -0.278. The first-order chi connectivity index (χ1) is 12.9. The Labute approximate surface area is 158 Å². The Morgan fingerprint density at radius 3 is 2.19 bits per heavy atom. The molecule has 0 aliphatic carbocycles. The summed E-state index contributed by atoms with van der Waals surface area (Å²) >= 11 is 0. The molecular weight excluding hydrogens is 365 g/mol. The van der Waals surface area contributed by atoms with Gasteiger partial charge in [0.15, 0.2) is 4.91 Å². The molecule has 1 aliphatic heterocycles. The van der Waals surface area contributed by atoms with Crippen LogP contribution in [0.25, 0.3) is 0 Å². The Morgan fingerprint density at radius 1 is 1.04 bits per heavy atom. The number of nitrogens with zero attached hydrogens (tertiary/aromatic N) is 3. The van der Waals surface area contributed by atoms with Crippen LogP contribution in [-0.2, 0) is 9.84 Å². The molecule has 0 radical (unpaired) electrons. The topological polar surface area (TPSA) is 64.4 Å². The Morgan fingerprint density at radius 2 is 1.63 bits per heavy atom. The molecule has 5 nitrogen and oxygen atoms in total. The first-order valence-electron chi connectivity index (χ1n) is 8.58. The molecular formula is C20H20FN3O2S. The molecule has 1 aliphatic rings. The molecule has 27 heavy (non-hydrogen) atoms. The van der Waals surface area contributed by atoms with Gasteiger partial charge in [-0.05, 0) is 43.3 Å². The van der Waals surface area contributed by atoms with Crippen molar-refractivity contribution in [3.05, 3.63) is 71.0 Å². The minimum absolute atomic E-state index is 0.117. The van der Waals surface area contributed by atoms with E-state index in [0.29, 0.717) is 26.2 Å². The number of halogens is 1. The molecule has 140 valence electrons. The number of piperazine rings is 1. The molecule has 0 aromatic heterocycles. The quantitative estimate of drug-likeness (QED) is 0.757. The van der Waals surface area contributed by atoms with E-state index >= 15 is 0 Å². The maximum absolute atomic E-state index is 13.1. The summed E-state index contributed by atoms with van der Waals surface area (Å²) in [5, 5.41) is 9.39. The van der Waals surface area contributed by atoms with Gasteiger partial charge in [0.25, 0.3) is 0 Å². The molecule has 0 unspecified atom stereocenters. The molecule has 3 rings (SSSR count). The summed E-state index contributed by atoms with van der Waals surface area (Å²) in [6.45, 7) is 4.34. The van der Waals surface area contributed by atoms with Gasteiger partial charge in [-0.1, -0.05) is 17.7 Å². The number of hydrogen-bond donors (Lipinski definition) is 0. The van der Waals surface area contributed by atoms with Gasteiger partial charge in [0.2, 0.25) is 9.84 Å². The molecule has 1 fully saturated rings. The fourth-order valence-electron chi connectivity index (χ4n) is 2.93. The van der Waals surface area contributed by atoms with E-state index in [0.717, 1.165) is 11.3 Å². The van der Waals surface area contributed by atoms with Gasteiger partial charge >= 0.3 is 0 Å². The van der Waals surface area contributed by atoms with E-state index in [9.17, 15) is 18.1 Å². The van der Waals surface area contributed by atoms with E-state index in [4.69, 9.17) is 0 Å². The smallest absolute Gasteiger partial charge is 0.218 e. The summed E-state index contributed by atoms with van der Waals surface area (Å²) in [6.07, 6.45) is 1.43. The van der Waals surface area contributed by atoms with Crippen LogP contribution < -0.4 is 4.90 Å². The lowest BCUT2D eigenvalue weighted by atomic mass is 10.2. The zero-order chi connectivity index (χ0) is 19.4. The Kier molecular flexibility index (Phi) is 5.47. The number of sulfone groups is 1. The largest absolute Gasteiger partial charge is 0.372 e. The molecule has 1 saturated heterocycles. The van der Waals surface area contributed by atoms with Gasteiger partial charge in [0, 0.05) is 38.1 Å². The van der Waals surface area contributed by atoms with Crippen molar-refractivity contribution in [1.29, 1.82) is 5.26 Å². The minimum atomic E-state index is -3.83. The van der Waals surface area contributed by atoms with Gasteiger partial charge in [0.05, 0.1) is 4.90 Å². The third-order valence-corrected chi connectivity index (χ3v) is 6.21. The Hall–Kier alpha value is -2.85. The van der Waals surface area contributed by atoms with Crippen LogP contribution >= 0.6 is 0 Å². The maximum atomic E-state index is 13.1. The highest BCUT2D eigenvalue weighted by atomic mass is 32.2. The number of nitriles is 1. The summed E-state index contributed by atoms with van der Waals surface area (Å²) in [7, 11) is -3.83. The van der Waals surface area contributed by atoms with Crippen molar-refractivity contribution in [2.75, 3.05) is 31.1 Å². The van der Waals surface area contributed by atoms with Crippen molar-refractivity contribution >= 4 is 15.5 Å². The van der Waals surface area contributed by atoms with Crippen molar-refractivity contribution in [1.82, 2.24) is 4.90 Å². The summed E-state index contributed by atoms with van der Waals surface area (Å²) in [4.78, 5) is 3.79. The zero-order valence-electron chi connectivity index (χ0n) is 15.0. The first-order valence-corrected chi connectivity index (χ1v) is 10.1. The van der Waals surface area contributed by atoms with E-state index in [-0.39, 0.29) is 15.6 Å². The van der Waals surface area contributed by atoms with Crippen molar-refractivity contribution in [3.63, 3.8) is 0 Å². The summed E-state index contributed by atoms with van der Waals surface area (Å²) in [6, 6.07) is 14.6. The third-order valence-electron chi connectivity index (χ3n) is 4.54. The maximum Gasteiger partial charge on any atom is 0.218 e. The number of allylic oxidation sites excluding steroid dienone is 1. The van der Waals surface area contributed by atoms with Gasteiger partial charge in [-0.15, -0.1) is 0 Å². The van der Waals surface area contributed by atoms with Crippen LogP contribution in [0, 0.1) is 24.1 Å². The SMILES string of the molecule is Cc1ccc(S(=O)(=O)/C(C#N)=C\N2CCN(c3ccc(F)cc3)CC2)cc1. The molecule has 0 N–H and O–H groups in total. The normalized spacial score (nSPS) is 15.5. The highest BCUT2D eigenvalue weighted by Crippen LogP contribution is 2.21. The average molecular weight is 385 g/mol. The van der Waals surface area contributed by atoms with Gasteiger partial charge in [-0.3, -0.25) is 0 Å². The van der Waals surface area contributed by atoms with Crippen LogP contribution in [0.3, 0.4) is 0 Å². The Bertz CT molecular complexity index is 969. The fourth-order valence-corrected chi connectivity index (χ4v) is 4.09. The number of benzene rings is 2. The van der Waals surface area contributed by atoms with Crippen LogP contribution in [0.1, 0.15) is 5.56 Å². The molecule has 0 spiro atoms. The van der Waals surface area contributed by atoms with Gasteiger partial charge in [-0.25, -0.2) is 12.8 Å². The zero-order valence-corrected chi connectivity index (χ0v) is 15.8. The monoisotopic (exact) mass is 385 g/mol. The van der Waals surface area contributed by atoms with Crippen molar-refractivity contribution in [3.8, 4) is 6.07 Å². The molecule has 0 bridgehead atoms. The van der Waals surface area contributed by atoms with Crippen LogP contribution in [0.2, 0.25) is 0 Å². The molecule has 0 atom stereocenters. The highest BCUT2D eigenvalue weighted by molar-refractivity contribution is 7.95.